The lowest BCUT2D eigenvalue weighted by atomic mass is 10.4. The van der Waals surface area contributed by atoms with E-state index in [1.807, 2.05) is 0 Å². The predicted octanol–water partition coefficient (Wildman–Crippen LogP) is 0.176. The predicted molar refractivity (Wildman–Crippen MR) is 81.9 cm³/mol. The van der Waals surface area contributed by atoms with Gasteiger partial charge in [0, 0.05) is 27.3 Å². The first-order valence-electron chi connectivity index (χ1n) is 6.53. The number of nitrogens with two attached hydrogens (primary N) is 1. The van der Waals surface area contributed by atoms with E-state index < -0.39 is 0 Å². The molecule has 0 saturated carbocycles. The molecular weight excluding hydrogens is 296 g/mol. The zero-order valence-electron chi connectivity index (χ0n) is 12.3. The fraction of sp³-hybridized carbons (Fsp3) is 0.667. The number of thiazole rings is 1. The molecule has 0 aliphatic rings. The summed E-state index contributed by atoms with van der Waals surface area (Å²) in [7, 11) is 3.22. The number of aromatic nitrogens is 1. The summed E-state index contributed by atoms with van der Waals surface area (Å²) in [5.74, 6) is -0.0298. The average Bonchev–Trinajstić information content (AvgIpc) is 2.84. The van der Waals surface area contributed by atoms with Crippen LogP contribution in [0.4, 0.5) is 10.9 Å². The summed E-state index contributed by atoms with van der Waals surface area (Å²) in [6.07, 6.45) is 0. The average molecular weight is 318 g/mol. The van der Waals surface area contributed by atoms with Crippen LogP contribution in [0.2, 0.25) is 0 Å². The number of rotatable bonds is 11. The molecule has 1 amide bonds. The van der Waals surface area contributed by atoms with Gasteiger partial charge in [-0.1, -0.05) is 11.3 Å². The van der Waals surface area contributed by atoms with Crippen LogP contribution in [0.3, 0.4) is 0 Å². The second kappa shape index (κ2) is 10.3. The first kappa shape index (κ1) is 17.6. The van der Waals surface area contributed by atoms with Gasteiger partial charge in [0.2, 0.25) is 0 Å². The molecule has 21 heavy (non-hydrogen) atoms. The maximum atomic E-state index is 11.9. The molecule has 8 nitrogen and oxygen atoms in total. The number of hydrogen-bond donors (Lipinski definition) is 3. The molecule has 4 N–H and O–H groups in total. The van der Waals surface area contributed by atoms with Crippen molar-refractivity contribution in [3.63, 3.8) is 0 Å². The third-order valence-corrected chi connectivity index (χ3v) is 3.43. The zero-order valence-corrected chi connectivity index (χ0v) is 13.1. The van der Waals surface area contributed by atoms with Crippen LogP contribution in [0.25, 0.3) is 0 Å². The van der Waals surface area contributed by atoms with E-state index in [1.54, 1.807) is 14.2 Å². The van der Waals surface area contributed by atoms with E-state index in [0.29, 0.717) is 49.5 Å². The van der Waals surface area contributed by atoms with Gasteiger partial charge in [-0.25, -0.2) is 4.98 Å². The van der Waals surface area contributed by atoms with Crippen LogP contribution in [0, 0.1) is 0 Å². The Morgan fingerprint density at radius 1 is 1.19 bits per heavy atom. The molecule has 120 valence electrons. The van der Waals surface area contributed by atoms with Crippen LogP contribution < -0.4 is 16.4 Å². The van der Waals surface area contributed by atoms with Gasteiger partial charge in [0.1, 0.15) is 10.7 Å². The number of ether oxygens (including phenoxy) is 3. The number of carbonyl (C=O) groups excluding carboxylic acids is 1. The minimum atomic E-state index is -0.250. The van der Waals surface area contributed by atoms with E-state index in [4.69, 9.17) is 19.9 Å². The number of methoxy groups -OCH3 is 2. The van der Waals surface area contributed by atoms with Crippen LogP contribution in [0.1, 0.15) is 9.67 Å². The van der Waals surface area contributed by atoms with Crippen molar-refractivity contribution in [3.05, 3.63) is 4.88 Å². The molecule has 1 aromatic heterocycles. The first-order valence-corrected chi connectivity index (χ1v) is 7.34. The lowest BCUT2D eigenvalue weighted by Gasteiger charge is -2.05. The molecule has 0 radical (unpaired) electrons. The van der Waals surface area contributed by atoms with Crippen molar-refractivity contribution in [2.24, 2.45) is 0 Å². The lowest BCUT2D eigenvalue weighted by molar-refractivity contribution is 0.0693. The molecule has 0 unspecified atom stereocenters. The lowest BCUT2D eigenvalue weighted by Crippen LogP contribution is -2.27. The highest BCUT2D eigenvalue weighted by Gasteiger charge is 2.15. The Kier molecular flexibility index (Phi) is 8.67. The van der Waals surface area contributed by atoms with Gasteiger partial charge in [-0.3, -0.25) is 4.79 Å². The number of nitrogens with one attached hydrogen (secondary N) is 2. The Bertz CT molecular complexity index is 427. The van der Waals surface area contributed by atoms with Crippen LogP contribution in [0.5, 0.6) is 0 Å². The third-order valence-electron chi connectivity index (χ3n) is 2.41. The van der Waals surface area contributed by atoms with Gasteiger partial charge in [-0.05, 0) is 0 Å². The van der Waals surface area contributed by atoms with Crippen molar-refractivity contribution in [2.45, 2.75) is 0 Å². The molecular formula is C12H22N4O4S. The molecule has 0 aliphatic heterocycles. The van der Waals surface area contributed by atoms with Gasteiger partial charge in [0.15, 0.2) is 5.13 Å². The SMILES string of the molecule is COCCNc1nc(N)c(C(=O)NCCOCCOC)s1. The minimum Gasteiger partial charge on any atom is -0.383 e. The van der Waals surface area contributed by atoms with Gasteiger partial charge in [0.05, 0.1) is 26.4 Å². The smallest absolute Gasteiger partial charge is 0.265 e. The standard InChI is InChI=1S/C12H22N4O4S/c1-18-5-3-15-12-16-10(13)9(21-12)11(17)14-4-6-20-8-7-19-2/h3-8,13H2,1-2H3,(H,14,17)(H,15,16). The van der Waals surface area contributed by atoms with E-state index in [0.717, 1.165) is 0 Å². The molecule has 0 saturated heterocycles. The molecule has 9 heteroatoms. The topological polar surface area (TPSA) is 108 Å². The monoisotopic (exact) mass is 318 g/mol. The highest BCUT2D eigenvalue weighted by molar-refractivity contribution is 7.18. The number of nitrogens with zero attached hydrogens (tertiary/aromatic N) is 1. The molecule has 0 bridgehead atoms. The molecule has 1 heterocycles. The Balaban J connectivity index is 2.32. The summed E-state index contributed by atoms with van der Waals surface area (Å²) in [5, 5.41) is 6.37. The fourth-order valence-corrected chi connectivity index (χ4v) is 2.22. The maximum absolute atomic E-state index is 11.9. The molecule has 0 spiro atoms. The summed E-state index contributed by atoms with van der Waals surface area (Å²) >= 11 is 1.21. The summed E-state index contributed by atoms with van der Waals surface area (Å²) in [6.45, 7) is 3.03. The summed E-state index contributed by atoms with van der Waals surface area (Å²) in [6, 6.07) is 0. The second-order valence-corrected chi connectivity index (χ2v) is 5.01. The fourth-order valence-electron chi connectivity index (χ4n) is 1.39. The van der Waals surface area contributed by atoms with Crippen molar-refractivity contribution in [1.29, 1.82) is 0 Å². The van der Waals surface area contributed by atoms with E-state index in [1.165, 1.54) is 11.3 Å². The maximum Gasteiger partial charge on any atom is 0.265 e. The molecule has 1 aromatic rings. The van der Waals surface area contributed by atoms with Crippen LogP contribution in [-0.4, -0.2) is 64.6 Å². The first-order chi connectivity index (χ1) is 10.2. The van der Waals surface area contributed by atoms with Crippen molar-refractivity contribution in [2.75, 3.05) is 64.8 Å². The second-order valence-electron chi connectivity index (χ2n) is 4.01. The number of anilines is 2. The van der Waals surface area contributed by atoms with E-state index in [9.17, 15) is 4.79 Å². The van der Waals surface area contributed by atoms with E-state index >= 15 is 0 Å². The van der Waals surface area contributed by atoms with E-state index in [-0.39, 0.29) is 11.7 Å². The van der Waals surface area contributed by atoms with Crippen molar-refractivity contribution in [1.82, 2.24) is 10.3 Å². The normalized spacial score (nSPS) is 10.6. The minimum absolute atomic E-state index is 0.220. The van der Waals surface area contributed by atoms with Gasteiger partial charge in [-0.15, -0.1) is 0 Å². The van der Waals surface area contributed by atoms with Crippen molar-refractivity contribution >= 4 is 28.2 Å². The highest BCUT2D eigenvalue weighted by Crippen LogP contribution is 2.24. The number of carbonyl (C=O) groups is 1. The largest absolute Gasteiger partial charge is 0.383 e. The number of amides is 1. The van der Waals surface area contributed by atoms with Gasteiger partial charge in [0.25, 0.3) is 5.91 Å². The zero-order chi connectivity index (χ0) is 15.5. The van der Waals surface area contributed by atoms with E-state index in [2.05, 4.69) is 15.6 Å². The van der Waals surface area contributed by atoms with Crippen molar-refractivity contribution in [3.8, 4) is 0 Å². The van der Waals surface area contributed by atoms with Crippen LogP contribution in [-0.2, 0) is 14.2 Å². The number of hydrogen-bond acceptors (Lipinski definition) is 8. The Labute approximate surface area is 128 Å². The molecule has 1 rings (SSSR count). The van der Waals surface area contributed by atoms with Gasteiger partial charge >= 0.3 is 0 Å². The highest BCUT2D eigenvalue weighted by atomic mass is 32.1. The van der Waals surface area contributed by atoms with Crippen LogP contribution in [0.15, 0.2) is 0 Å². The van der Waals surface area contributed by atoms with Gasteiger partial charge in [-0.2, -0.15) is 0 Å². The Hall–Kier alpha value is -1.42. The third kappa shape index (κ3) is 6.71. The molecule has 0 fully saturated rings. The summed E-state index contributed by atoms with van der Waals surface area (Å²) in [4.78, 5) is 16.4. The number of nitrogen functional groups attached to an aromatic ring is 1. The molecule has 0 aliphatic carbocycles. The van der Waals surface area contributed by atoms with Gasteiger partial charge < -0.3 is 30.6 Å². The Morgan fingerprint density at radius 2 is 1.95 bits per heavy atom. The molecule has 0 aromatic carbocycles. The van der Waals surface area contributed by atoms with Crippen molar-refractivity contribution < 1.29 is 19.0 Å². The summed E-state index contributed by atoms with van der Waals surface area (Å²) in [5.41, 5.74) is 5.74. The van der Waals surface area contributed by atoms with Crippen LogP contribution >= 0.6 is 11.3 Å². The Morgan fingerprint density at radius 3 is 2.67 bits per heavy atom. The summed E-state index contributed by atoms with van der Waals surface area (Å²) < 4.78 is 15.0. The molecule has 0 atom stereocenters. The quantitative estimate of drug-likeness (QED) is 0.499.